The standard InChI is InChI=1S/C12H16N2O/c1-9-5-4-6-10(11(9)13)12(15)14-7-2-3-8-14/h4-6H,2-3,7-8,13H2,1H3. The molecule has 1 amide bonds. The van der Waals surface area contributed by atoms with Gasteiger partial charge >= 0.3 is 0 Å². The molecule has 0 bridgehead atoms. The Morgan fingerprint density at radius 3 is 2.67 bits per heavy atom. The number of rotatable bonds is 1. The van der Waals surface area contributed by atoms with Crippen LogP contribution in [0.1, 0.15) is 28.8 Å². The number of likely N-dealkylation sites (tertiary alicyclic amines) is 1. The minimum atomic E-state index is 0.0775. The summed E-state index contributed by atoms with van der Waals surface area (Å²) in [5, 5.41) is 0. The van der Waals surface area contributed by atoms with Crippen LogP contribution in [0.25, 0.3) is 0 Å². The van der Waals surface area contributed by atoms with Crippen molar-refractivity contribution < 1.29 is 4.79 Å². The van der Waals surface area contributed by atoms with Crippen LogP contribution in [0.3, 0.4) is 0 Å². The fraction of sp³-hybridized carbons (Fsp3) is 0.417. The molecule has 0 radical (unpaired) electrons. The fourth-order valence-corrected chi connectivity index (χ4v) is 1.96. The van der Waals surface area contributed by atoms with Crippen LogP contribution in [0.2, 0.25) is 0 Å². The summed E-state index contributed by atoms with van der Waals surface area (Å²) in [5.41, 5.74) is 8.15. The Labute approximate surface area is 89.9 Å². The van der Waals surface area contributed by atoms with Crippen LogP contribution in [0.5, 0.6) is 0 Å². The van der Waals surface area contributed by atoms with Gasteiger partial charge in [-0.15, -0.1) is 0 Å². The van der Waals surface area contributed by atoms with Gasteiger partial charge in [0.05, 0.1) is 5.56 Å². The lowest BCUT2D eigenvalue weighted by Gasteiger charge is -2.17. The molecule has 1 heterocycles. The van der Waals surface area contributed by atoms with E-state index in [-0.39, 0.29) is 5.91 Å². The van der Waals surface area contributed by atoms with Crippen LogP contribution in [-0.4, -0.2) is 23.9 Å². The zero-order chi connectivity index (χ0) is 10.8. The minimum absolute atomic E-state index is 0.0775. The Bertz CT molecular complexity index is 381. The van der Waals surface area contributed by atoms with Crippen LogP contribution >= 0.6 is 0 Å². The molecular weight excluding hydrogens is 188 g/mol. The molecule has 15 heavy (non-hydrogen) atoms. The van der Waals surface area contributed by atoms with E-state index in [9.17, 15) is 4.79 Å². The highest BCUT2D eigenvalue weighted by Gasteiger charge is 2.21. The van der Waals surface area contributed by atoms with Crippen molar-refractivity contribution in [2.75, 3.05) is 18.8 Å². The number of amides is 1. The van der Waals surface area contributed by atoms with Crippen molar-refractivity contribution >= 4 is 11.6 Å². The molecule has 3 heteroatoms. The third-order valence-electron chi connectivity index (χ3n) is 2.95. The van der Waals surface area contributed by atoms with Crippen molar-refractivity contribution in [3.8, 4) is 0 Å². The highest BCUT2D eigenvalue weighted by atomic mass is 16.2. The number of anilines is 1. The second-order valence-electron chi connectivity index (χ2n) is 4.04. The van der Waals surface area contributed by atoms with Gasteiger partial charge in [-0.05, 0) is 31.4 Å². The third kappa shape index (κ3) is 1.82. The maximum Gasteiger partial charge on any atom is 0.255 e. The number of benzene rings is 1. The summed E-state index contributed by atoms with van der Waals surface area (Å²) >= 11 is 0. The van der Waals surface area contributed by atoms with E-state index in [0.29, 0.717) is 11.3 Å². The average Bonchev–Trinajstić information content (AvgIpc) is 2.74. The molecule has 0 saturated carbocycles. The van der Waals surface area contributed by atoms with Gasteiger partial charge in [0.15, 0.2) is 0 Å². The van der Waals surface area contributed by atoms with E-state index in [2.05, 4.69) is 0 Å². The number of nitrogens with two attached hydrogens (primary N) is 1. The van der Waals surface area contributed by atoms with Crippen molar-refractivity contribution in [2.24, 2.45) is 0 Å². The van der Waals surface area contributed by atoms with Gasteiger partial charge in [-0.25, -0.2) is 0 Å². The maximum atomic E-state index is 12.1. The van der Waals surface area contributed by atoms with Gasteiger partial charge < -0.3 is 10.6 Å². The van der Waals surface area contributed by atoms with E-state index in [1.165, 1.54) is 0 Å². The Morgan fingerprint density at radius 1 is 1.33 bits per heavy atom. The molecule has 1 fully saturated rings. The van der Waals surface area contributed by atoms with Gasteiger partial charge in [0.2, 0.25) is 0 Å². The number of nitrogens with zero attached hydrogens (tertiary/aromatic N) is 1. The summed E-state index contributed by atoms with van der Waals surface area (Å²) in [7, 11) is 0. The first kappa shape index (κ1) is 10.0. The molecule has 0 aliphatic carbocycles. The highest BCUT2D eigenvalue weighted by Crippen LogP contribution is 2.20. The quantitative estimate of drug-likeness (QED) is 0.709. The zero-order valence-electron chi connectivity index (χ0n) is 8.99. The van der Waals surface area contributed by atoms with Crippen molar-refractivity contribution in [2.45, 2.75) is 19.8 Å². The predicted octanol–water partition coefficient (Wildman–Crippen LogP) is 1.81. The van der Waals surface area contributed by atoms with Gasteiger partial charge in [-0.1, -0.05) is 12.1 Å². The van der Waals surface area contributed by atoms with Crippen LogP contribution < -0.4 is 5.73 Å². The SMILES string of the molecule is Cc1cccc(C(=O)N2CCCC2)c1N. The zero-order valence-corrected chi connectivity index (χ0v) is 8.99. The molecule has 80 valence electrons. The Morgan fingerprint density at radius 2 is 2.00 bits per heavy atom. The molecule has 1 aromatic carbocycles. The summed E-state index contributed by atoms with van der Waals surface area (Å²) < 4.78 is 0. The Hall–Kier alpha value is -1.51. The van der Waals surface area contributed by atoms with Crippen LogP contribution in [-0.2, 0) is 0 Å². The first-order chi connectivity index (χ1) is 7.20. The second-order valence-corrected chi connectivity index (χ2v) is 4.04. The summed E-state index contributed by atoms with van der Waals surface area (Å²) in [6, 6.07) is 5.62. The van der Waals surface area contributed by atoms with E-state index in [4.69, 9.17) is 5.73 Å². The lowest BCUT2D eigenvalue weighted by molar-refractivity contribution is 0.0794. The first-order valence-electron chi connectivity index (χ1n) is 5.34. The molecule has 0 aromatic heterocycles. The molecule has 2 rings (SSSR count). The summed E-state index contributed by atoms with van der Waals surface area (Å²) in [6.07, 6.45) is 2.22. The lowest BCUT2D eigenvalue weighted by atomic mass is 10.1. The molecule has 0 atom stereocenters. The van der Waals surface area contributed by atoms with Gasteiger partial charge in [0.25, 0.3) is 5.91 Å². The van der Waals surface area contributed by atoms with Gasteiger partial charge in [-0.2, -0.15) is 0 Å². The van der Waals surface area contributed by atoms with Crippen LogP contribution in [0.15, 0.2) is 18.2 Å². The summed E-state index contributed by atoms with van der Waals surface area (Å²) in [6.45, 7) is 3.66. The largest absolute Gasteiger partial charge is 0.398 e. The molecule has 1 aromatic rings. The topological polar surface area (TPSA) is 46.3 Å². The van der Waals surface area contributed by atoms with E-state index < -0.39 is 0 Å². The summed E-state index contributed by atoms with van der Waals surface area (Å²) in [4.78, 5) is 13.9. The average molecular weight is 204 g/mol. The molecule has 2 N–H and O–H groups in total. The highest BCUT2D eigenvalue weighted by molar-refractivity contribution is 5.99. The van der Waals surface area contributed by atoms with Crippen LogP contribution in [0, 0.1) is 6.92 Å². The van der Waals surface area contributed by atoms with E-state index in [1.54, 1.807) is 0 Å². The van der Waals surface area contributed by atoms with Gasteiger partial charge in [-0.3, -0.25) is 4.79 Å². The van der Waals surface area contributed by atoms with Gasteiger partial charge in [0, 0.05) is 18.8 Å². The normalized spacial score (nSPS) is 15.7. The number of hydrogen-bond acceptors (Lipinski definition) is 2. The lowest BCUT2D eigenvalue weighted by Crippen LogP contribution is -2.28. The number of carbonyl (C=O) groups excluding carboxylic acids is 1. The minimum Gasteiger partial charge on any atom is -0.398 e. The molecule has 0 unspecified atom stereocenters. The van der Waals surface area contributed by atoms with Crippen molar-refractivity contribution in [1.29, 1.82) is 0 Å². The first-order valence-corrected chi connectivity index (χ1v) is 5.34. The predicted molar refractivity (Wildman–Crippen MR) is 60.7 cm³/mol. The number of para-hydroxylation sites is 1. The Balaban J connectivity index is 2.28. The van der Waals surface area contributed by atoms with E-state index >= 15 is 0 Å². The maximum absolute atomic E-state index is 12.1. The number of hydrogen-bond donors (Lipinski definition) is 1. The van der Waals surface area contributed by atoms with Crippen molar-refractivity contribution in [3.63, 3.8) is 0 Å². The number of carbonyl (C=O) groups is 1. The van der Waals surface area contributed by atoms with Crippen LogP contribution in [0.4, 0.5) is 5.69 Å². The van der Waals surface area contributed by atoms with E-state index in [1.807, 2.05) is 30.0 Å². The number of nitrogen functional groups attached to an aromatic ring is 1. The monoisotopic (exact) mass is 204 g/mol. The molecule has 1 aliphatic heterocycles. The number of aryl methyl sites for hydroxylation is 1. The van der Waals surface area contributed by atoms with Crippen molar-refractivity contribution in [1.82, 2.24) is 4.90 Å². The third-order valence-corrected chi connectivity index (χ3v) is 2.95. The fourth-order valence-electron chi connectivity index (χ4n) is 1.96. The molecular formula is C12H16N2O. The molecule has 1 aliphatic rings. The molecule has 0 spiro atoms. The summed E-state index contributed by atoms with van der Waals surface area (Å²) in [5.74, 6) is 0.0775. The molecule has 1 saturated heterocycles. The molecule has 3 nitrogen and oxygen atoms in total. The van der Waals surface area contributed by atoms with Crippen molar-refractivity contribution in [3.05, 3.63) is 29.3 Å². The Kier molecular flexibility index (Phi) is 2.62. The smallest absolute Gasteiger partial charge is 0.255 e. The van der Waals surface area contributed by atoms with E-state index in [0.717, 1.165) is 31.5 Å². The van der Waals surface area contributed by atoms with Gasteiger partial charge in [0.1, 0.15) is 0 Å². The second kappa shape index (κ2) is 3.93.